The molecule has 0 aromatic heterocycles. The minimum atomic E-state index is -0.981. The highest BCUT2D eigenvalue weighted by Crippen LogP contribution is 2.33. The summed E-state index contributed by atoms with van der Waals surface area (Å²) in [7, 11) is 0. The summed E-state index contributed by atoms with van der Waals surface area (Å²) in [6.07, 6.45) is 1.77. The van der Waals surface area contributed by atoms with Crippen LogP contribution < -0.4 is 4.90 Å². The van der Waals surface area contributed by atoms with Gasteiger partial charge in [0.25, 0.3) is 0 Å². The van der Waals surface area contributed by atoms with Crippen molar-refractivity contribution in [2.24, 2.45) is 0 Å². The first-order chi connectivity index (χ1) is 8.13. The average Bonchev–Trinajstić information content (AvgIpc) is 3.09. The van der Waals surface area contributed by atoms with Gasteiger partial charge in [-0.2, -0.15) is 5.26 Å². The summed E-state index contributed by atoms with van der Waals surface area (Å²) in [5, 5.41) is 17.8. The van der Waals surface area contributed by atoms with Gasteiger partial charge >= 0.3 is 5.97 Å². The third kappa shape index (κ3) is 2.36. The number of benzene rings is 1. The number of nitrogens with zero attached hydrogens (tertiary/aromatic N) is 2. The summed E-state index contributed by atoms with van der Waals surface area (Å²) >= 11 is 0. The SMILES string of the molecule is N#Cc1c(F)cccc1N(CC(=O)O)C1CC1. The second-order valence-electron chi connectivity index (χ2n) is 4.00. The molecule has 0 atom stereocenters. The van der Waals surface area contributed by atoms with E-state index >= 15 is 0 Å². The molecule has 4 nitrogen and oxygen atoms in total. The molecule has 1 N–H and O–H groups in total. The predicted octanol–water partition coefficient (Wildman–Crippen LogP) is 1.75. The van der Waals surface area contributed by atoms with E-state index < -0.39 is 11.8 Å². The fourth-order valence-corrected chi connectivity index (χ4v) is 1.81. The smallest absolute Gasteiger partial charge is 0.323 e. The Labute approximate surface area is 97.9 Å². The molecule has 2 rings (SSSR count). The van der Waals surface area contributed by atoms with E-state index in [4.69, 9.17) is 10.4 Å². The average molecular weight is 234 g/mol. The topological polar surface area (TPSA) is 64.3 Å². The summed E-state index contributed by atoms with van der Waals surface area (Å²) in [4.78, 5) is 12.4. The fourth-order valence-electron chi connectivity index (χ4n) is 1.81. The van der Waals surface area contributed by atoms with Gasteiger partial charge in [-0.15, -0.1) is 0 Å². The first-order valence-corrected chi connectivity index (χ1v) is 5.30. The van der Waals surface area contributed by atoms with Gasteiger partial charge in [-0.25, -0.2) is 4.39 Å². The molecule has 5 heteroatoms. The van der Waals surface area contributed by atoms with Crippen LogP contribution in [0.3, 0.4) is 0 Å². The van der Waals surface area contributed by atoms with Crippen molar-refractivity contribution in [2.75, 3.05) is 11.4 Å². The van der Waals surface area contributed by atoms with E-state index in [1.165, 1.54) is 12.1 Å². The number of hydrogen-bond acceptors (Lipinski definition) is 3. The van der Waals surface area contributed by atoms with Gasteiger partial charge < -0.3 is 10.0 Å². The van der Waals surface area contributed by atoms with Gasteiger partial charge in [0.15, 0.2) is 0 Å². The molecule has 1 aromatic rings. The van der Waals surface area contributed by atoms with E-state index in [1.54, 1.807) is 17.0 Å². The highest BCUT2D eigenvalue weighted by atomic mass is 19.1. The van der Waals surface area contributed by atoms with Crippen LogP contribution in [0.4, 0.5) is 10.1 Å². The number of nitriles is 1. The highest BCUT2D eigenvalue weighted by Gasteiger charge is 2.32. The lowest BCUT2D eigenvalue weighted by atomic mass is 10.1. The summed E-state index contributed by atoms with van der Waals surface area (Å²) < 4.78 is 13.4. The normalized spacial score (nSPS) is 14.1. The molecule has 1 aromatic carbocycles. The van der Waals surface area contributed by atoms with Crippen molar-refractivity contribution in [1.29, 1.82) is 5.26 Å². The molecule has 0 radical (unpaired) electrons. The Morgan fingerprint density at radius 2 is 2.29 bits per heavy atom. The molecule has 0 heterocycles. The van der Waals surface area contributed by atoms with Gasteiger partial charge in [0.05, 0.1) is 5.69 Å². The molecule has 0 aliphatic heterocycles. The number of rotatable bonds is 4. The van der Waals surface area contributed by atoms with Crippen LogP contribution in [0.15, 0.2) is 18.2 Å². The molecule has 1 saturated carbocycles. The Hall–Kier alpha value is -2.09. The number of aliphatic carboxylic acids is 1. The van der Waals surface area contributed by atoms with Crippen LogP contribution >= 0.6 is 0 Å². The second kappa shape index (κ2) is 4.42. The molecular formula is C12H11FN2O2. The Bertz CT molecular complexity index is 492. The van der Waals surface area contributed by atoms with Gasteiger partial charge in [0, 0.05) is 6.04 Å². The van der Waals surface area contributed by atoms with Gasteiger partial charge in [0.1, 0.15) is 24.0 Å². The van der Waals surface area contributed by atoms with Crippen LogP contribution in [0.2, 0.25) is 0 Å². The molecule has 88 valence electrons. The first-order valence-electron chi connectivity index (χ1n) is 5.30. The van der Waals surface area contributed by atoms with Crippen LogP contribution in [0, 0.1) is 17.1 Å². The molecule has 0 spiro atoms. The zero-order chi connectivity index (χ0) is 12.4. The third-order valence-electron chi connectivity index (χ3n) is 2.71. The molecule has 17 heavy (non-hydrogen) atoms. The van der Waals surface area contributed by atoms with Crippen molar-refractivity contribution in [2.45, 2.75) is 18.9 Å². The minimum Gasteiger partial charge on any atom is -0.480 e. The summed E-state index contributed by atoms with van der Waals surface area (Å²) in [6.45, 7) is -0.206. The Morgan fingerprint density at radius 3 is 2.82 bits per heavy atom. The molecular weight excluding hydrogens is 223 g/mol. The Kier molecular flexibility index (Phi) is 2.96. The molecule has 1 aliphatic rings. The summed E-state index contributed by atoms with van der Waals surface area (Å²) in [5.74, 6) is -1.59. The summed E-state index contributed by atoms with van der Waals surface area (Å²) in [6, 6.07) is 6.18. The number of carboxylic acids is 1. The number of anilines is 1. The number of halogens is 1. The molecule has 0 amide bonds. The van der Waals surface area contributed by atoms with Crippen molar-refractivity contribution in [1.82, 2.24) is 0 Å². The maximum absolute atomic E-state index is 13.4. The lowest BCUT2D eigenvalue weighted by molar-refractivity contribution is -0.135. The van der Waals surface area contributed by atoms with Crippen molar-refractivity contribution in [3.63, 3.8) is 0 Å². The Balaban J connectivity index is 2.39. The maximum atomic E-state index is 13.4. The lowest BCUT2D eigenvalue weighted by Gasteiger charge is -2.23. The van der Waals surface area contributed by atoms with E-state index in [2.05, 4.69) is 0 Å². The largest absolute Gasteiger partial charge is 0.480 e. The lowest BCUT2D eigenvalue weighted by Crippen LogP contribution is -2.32. The van der Waals surface area contributed by atoms with Gasteiger partial charge in [-0.1, -0.05) is 6.07 Å². The minimum absolute atomic E-state index is 0.0827. The monoisotopic (exact) mass is 234 g/mol. The zero-order valence-electron chi connectivity index (χ0n) is 9.06. The third-order valence-corrected chi connectivity index (χ3v) is 2.71. The molecule has 0 saturated heterocycles. The van der Waals surface area contributed by atoms with Crippen molar-refractivity contribution in [3.8, 4) is 6.07 Å². The van der Waals surface area contributed by atoms with Crippen LogP contribution in [-0.4, -0.2) is 23.7 Å². The zero-order valence-corrected chi connectivity index (χ0v) is 9.06. The standard InChI is InChI=1S/C12H11FN2O2/c13-10-2-1-3-11(9(10)6-14)15(7-12(16)17)8-4-5-8/h1-3,8H,4-5,7H2,(H,16,17). The van der Waals surface area contributed by atoms with E-state index in [1.807, 2.05) is 0 Å². The number of hydrogen-bond donors (Lipinski definition) is 1. The molecule has 1 aliphatic carbocycles. The van der Waals surface area contributed by atoms with Crippen molar-refractivity contribution < 1.29 is 14.3 Å². The predicted molar refractivity (Wildman–Crippen MR) is 59.1 cm³/mol. The first kappa shape index (κ1) is 11.4. The van der Waals surface area contributed by atoms with Crippen LogP contribution in [0.25, 0.3) is 0 Å². The van der Waals surface area contributed by atoms with E-state index in [0.29, 0.717) is 5.69 Å². The van der Waals surface area contributed by atoms with Crippen molar-refractivity contribution >= 4 is 11.7 Å². The van der Waals surface area contributed by atoms with E-state index in [0.717, 1.165) is 12.8 Å². The fraction of sp³-hybridized carbons (Fsp3) is 0.333. The van der Waals surface area contributed by atoms with Crippen LogP contribution in [0.5, 0.6) is 0 Å². The second-order valence-corrected chi connectivity index (χ2v) is 4.00. The molecule has 0 unspecified atom stereocenters. The quantitative estimate of drug-likeness (QED) is 0.862. The van der Waals surface area contributed by atoms with Gasteiger partial charge in [-0.3, -0.25) is 4.79 Å². The van der Waals surface area contributed by atoms with Gasteiger partial charge in [0.2, 0.25) is 0 Å². The number of carboxylic acid groups (broad SMARTS) is 1. The molecule has 0 bridgehead atoms. The van der Waals surface area contributed by atoms with Crippen molar-refractivity contribution in [3.05, 3.63) is 29.6 Å². The van der Waals surface area contributed by atoms with E-state index in [9.17, 15) is 9.18 Å². The summed E-state index contributed by atoms with van der Waals surface area (Å²) in [5.41, 5.74) is 0.290. The van der Waals surface area contributed by atoms with Gasteiger partial charge in [-0.05, 0) is 25.0 Å². The number of carbonyl (C=O) groups is 1. The molecule has 1 fully saturated rings. The Morgan fingerprint density at radius 1 is 1.59 bits per heavy atom. The van der Waals surface area contributed by atoms with E-state index in [-0.39, 0.29) is 18.2 Å². The maximum Gasteiger partial charge on any atom is 0.323 e. The highest BCUT2D eigenvalue weighted by molar-refractivity contribution is 5.75. The van der Waals surface area contributed by atoms with Crippen LogP contribution in [0.1, 0.15) is 18.4 Å². The van der Waals surface area contributed by atoms with Crippen LogP contribution in [-0.2, 0) is 4.79 Å².